The molecule has 32 heavy (non-hydrogen) atoms. The normalized spacial score (nSPS) is 14.7. The monoisotopic (exact) mass is 471 g/mol. The number of nitrogens with one attached hydrogen (secondary N) is 2. The number of fused-ring (bicyclic) bond motifs is 1. The van der Waals surface area contributed by atoms with Crippen LogP contribution >= 0.6 is 23.4 Å². The molecule has 4 rings (SSSR count). The fourth-order valence-corrected chi connectivity index (χ4v) is 4.04. The van der Waals surface area contributed by atoms with Crippen molar-refractivity contribution in [1.82, 2.24) is 15.3 Å². The number of hydrogen-bond acceptors (Lipinski definition) is 7. The maximum atomic E-state index is 13.3. The minimum absolute atomic E-state index is 0.0514. The van der Waals surface area contributed by atoms with Crippen LogP contribution in [0.15, 0.2) is 46.3 Å². The van der Waals surface area contributed by atoms with Gasteiger partial charge in [-0.2, -0.15) is 9.98 Å². The molecule has 1 aliphatic heterocycles. The van der Waals surface area contributed by atoms with Gasteiger partial charge < -0.3 is 15.4 Å². The van der Waals surface area contributed by atoms with E-state index >= 15 is 0 Å². The van der Waals surface area contributed by atoms with E-state index in [1.54, 1.807) is 19.2 Å². The van der Waals surface area contributed by atoms with Crippen molar-refractivity contribution in [3.05, 3.63) is 63.3 Å². The maximum absolute atomic E-state index is 13.3. The lowest BCUT2D eigenvalue weighted by Crippen LogP contribution is -2.18. The molecule has 2 aromatic carbocycles. The number of nitrogens with zero attached hydrogens (tertiary/aromatic N) is 3. The topological polar surface area (TPSA) is 88.5 Å². The van der Waals surface area contributed by atoms with E-state index in [0.717, 1.165) is 22.0 Å². The molecule has 3 aromatic rings. The van der Waals surface area contributed by atoms with Gasteiger partial charge >= 0.3 is 0 Å². The first-order chi connectivity index (χ1) is 15.5. The molecule has 1 aliphatic rings. The highest BCUT2D eigenvalue weighted by atomic mass is 35.5. The van der Waals surface area contributed by atoms with Crippen LogP contribution in [-0.2, 0) is 11.3 Å². The van der Waals surface area contributed by atoms with E-state index in [0.29, 0.717) is 35.1 Å². The van der Waals surface area contributed by atoms with Crippen LogP contribution < -0.4 is 15.4 Å². The SMILES string of the molecule is CCOc1nc(NC)nc2ccc(/C=C3/SC(NCc4ccc(F)c(Cl)c4)=NC3=O)cc12. The van der Waals surface area contributed by atoms with E-state index in [4.69, 9.17) is 16.3 Å². The molecule has 0 bridgehead atoms. The van der Waals surface area contributed by atoms with Crippen molar-refractivity contribution in [2.24, 2.45) is 4.99 Å². The molecule has 0 saturated heterocycles. The Kier molecular flexibility index (Phi) is 6.57. The van der Waals surface area contributed by atoms with Crippen LogP contribution in [0.2, 0.25) is 5.02 Å². The number of amidine groups is 1. The van der Waals surface area contributed by atoms with Gasteiger partial charge in [-0.05, 0) is 60.2 Å². The summed E-state index contributed by atoms with van der Waals surface area (Å²) >= 11 is 7.05. The van der Waals surface area contributed by atoms with Crippen LogP contribution in [0.5, 0.6) is 5.88 Å². The predicted molar refractivity (Wildman–Crippen MR) is 127 cm³/mol. The predicted octanol–water partition coefficient (Wildman–Crippen LogP) is 4.62. The fraction of sp³-hybridized carbons (Fsp3) is 0.182. The number of thioether (sulfide) groups is 1. The van der Waals surface area contributed by atoms with Gasteiger partial charge in [0.05, 0.1) is 27.4 Å². The number of amides is 1. The first-order valence-corrected chi connectivity index (χ1v) is 11.0. The second kappa shape index (κ2) is 9.54. The van der Waals surface area contributed by atoms with Gasteiger partial charge in [-0.3, -0.25) is 4.79 Å². The number of carbonyl (C=O) groups excluding carboxylic acids is 1. The van der Waals surface area contributed by atoms with Crippen LogP contribution in [0.25, 0.3) is 17.0 Å². The van der Waals surface area contributed by atoms with Crippen molar-refractivity contribution in [1.29, 1.82) is 0 Å². The summed E-state index contributed by atoms with van der Waals surface area (Å²) in [7, 11) is 1.74. The zero-order valence-corrected chi connectivity index (χ0v) is 18.9. The van der Waals surface area contributed by atoms with Gasteiger partial charge in [0, 0.05) is 13.6 Å². The number of benzene rings is 2. The molecule has 0 saturated carbocycles. The summed E-state index contributed by atoms with van der Waals surface area (Å²) in [4.78, 5) is 25.7. The van der Waals surface area contributed by atoms with E-state index in [2.05, 4.69) is 25.6 Å². The van der Waals surface area contributed by atoms with Gasteiger partial charge in [0.25, 0.3) is 5.91 Å². The lowest BCUT2D eigenvalue weighted by atomic mass is 10.1. The molecule has 7 nitrogen and oxygen atoms in total. The third-order valence-electron chi connectivity index (χ3n) is 4.54. The quantitative estimate of drug-likeness (QED) is 0.507. The van der Waals surface area contributed by atoms with E-state index < -0.39 is 5.82 Å². The van der Waals surface area contributed by atoms with E-state index in [9.17, 15) is 9.18 Å². The number of aliphatic imine (C=N–C) groups is 1. The molecule has 0 aliphatic carbocycles. The minimum atomic E-state index is -0.473. The minimum Gasteiger partial charge on any atom is -0.477 e. The zero-order valence-electron chi connectivity index (χ0n) is 17.3. The standard InChI is InChI=1S/C22H19ClFN5O2S/c1-3-31-20-14-8-12(5-7-17(14)27-21(25-2)29-20)10-18-19(30)28-22(32-18)26-11-13-4-6-16(24)15(23)9-13/h4-10H,3,11H2,1-2H3,(H,25,27,29)(H,26,28,30)/b18-10+. The molecule has 2 heterocycles. The fourth-order valence-electron chi connectivity index (χ4n) is 3.03. The molecule has 0 radical (unpaired) electrons. The molecule has 0 unspecified atom stereocenters. The summed E-state index contributed by atoms with van der Waals surface area (Å²) < 4.78 is 19.0. The number of ether oxygens (including phenoxy) is 1. The van der Waals surface area contributed by atoms with Gasteiger partial charge in [0.2, 0.25) is 11.8 Å². The maximum Gasteiger partial charge on any atom is 0.286 e. The average molecular weight is 472 g/mol. The van der Waals surface area contributed by atoms with E-state index in [-0.39, 0.29) is 10.9 Å². The van der Waals surface area contributed by atoms with Crippen molar-refractivity contribution >= 4 is 57.4 Å². The van der Waals surface area contributed by atoms with Crippen LogP contribution in [0, 0.1) is 5.82 Å². The second-order valence-corrected chi connectivity index (χ2v) is 8.18. The number of carbonyl (C=O) groups is 1. The molecular formula is C22H19ClFN5O2S. The third kappa shape index (κ3) is 4.84. The van der Waals surface area contributed by atoms with E-state index in [1.165, 1.54) is 23.9 Å². The summed E-state index contributed by atoms with van der Waals surface area (Å²) in [5, 5.41) is 7.28. The lowest BCUT2D eigenvalue weighted by molar-refractivity contribution is -0.113. The smallest absolute Gasteiger partial charge is 0.286 e. The van der Waals surface area contributed by atoms with Gasteiger partial charge in [0.15, 0.2) is 5.17 Å². The Morgan fingerprint density at radius 2 is 2.06 bits per heavy atom. The second-order valence-electron chi connectivity index (χ2n) is 6.75. The first-order valence-electron chi connectivity index (χ1n) is 9.79. The Bertz CT molecular complexity index is 1260. The van der Waals surface area contributed by atoms with Crippen LogP contribution in [-0.4, -0.2) is 34.7 Å². The summed E-state index contributed by atoms with van der Waals surface area (Å²) in [5.74, 6) is 0.143. The molecular weight excluding hydrogens is 453 g/mol. The third-order valence-corrected chi connectivity index (χ3v) is 5.77. The van der Waals surface area contributed by atoms with E-state index in [1.807, 2.05) is 25.1 Å². The summed E-state index contributed by atoms with van der Waals surface area (Å²) in [6, 6.07) is 10.1. The molecule has 1 aromatic heterocycles. The Labute approximate surface area is 193 Å². The average Bonchev–Trinajstić information content (AvgIpc) is 3.14. The number of rotatable bonds is 6. The molecule has 1 amide bonds. The van der Waals surface area contributed by atoms with Crippen molar-refractivity contribution in [3.8, 4) is 5.88 Å². The zero-order chi connectivity index (χ0) is 22.7. The van der Waals surface area contributed by atoms with Crippen molar-refractivity contribution in [2.45, 2.75) is 13.5 Å². The Morgan fingerprint density at radius 1 is 1.22 bits per heavy atom. The summed E-state index contributed by atoms with van der Waals surface area (Å²) in [6.45, 7) is 2.72. The van der Waals surface area contributed by atoms with Crippen molar-refractivity contribution in [2.75, 3.05) is 19.0 Å². The Hall–Kier alpha value is -3.17. The number of hydrogen-bond donors (Lipinski definition) is 2. The molecule has 0 atom stereocenters. The molecule has 0 spiro atoms. The van der Waals surface area contributed by atoms with Crippen LogP contribution in [0.3, 0.4) is 0 Å². The molecule has 0 fully saturated rings. The summed E-state index contributed by atoms with van der Waals surface area (Å²) in [6.07, 6.45) is 1.76. The number of anilines is 1. The molecule has 164 valence electrons. The number of aromatic nitrogens is 2. The van der Waals surface area contributed by atoms with Gasteiger partial charge in [-0.25, -0.2) is 9.37 Å². The Balaban J connectivity index is 1.52. The first kappa shape index (κ1) is 22.0. The molecule has 10 heteroatoms. The van der Waals surface area contributed by atoms with Gasteiger partial charge in [-0.1, -0.05) is 23.7 Å². The van der Waals surface area contributed by atoms with Crippen LogP contribution in [0.4, 0.5) is 10.3 Å². The highest BCUT2D eigenvalue weighted by Crippen LogP contribution is 2.30. The highest BCUT2D eigenvalue weighted by Gasteiger charge is 2.22. The Morgan fingerprint density at radius 3 is 2.81 bits per heavy atom. The largest absolute Gasteiger partial charge is 0.477 e. The van der Waals surface area contributed by atoms with Gasteiger partial charge in [0.1, 0.15) is 5.82 Å². The highest BCUT2D eigenvalue weighted by molar-refractivity contribution is 8.18. The van der Waals surface area contributed by atoms with Crippen molar-refractivity contribution in [3.63, 3.8) is 0 Å². The van der Waals surface area contributed by atoms with Gasteiger partial charge in [-0.15, -0.1) is 0 Å². The lowest BCUT2D eigenvalue weighted by Gasteiger charge is -2.09. The van der Waals surface area contributed by atoms with Crippen LogP contribution in [0.1, 0.15) is 18.1 Å². The number of halogens is 2. The molecule has 2 N–H and O–H groups in total. The summed E-state index contributed by atoms with van der Waals surface area (Å²) in [5.41, 5.74) is 2.32. The van der Waals surface area contributed by atoms with Crippen molar-refractivity contribution < 1.29 is 13.9 Å².